The van der Waals surface area contributed by atoms with Crippen LogP contribution in [0.2, 0.25) is 0 Å². The number of piperazine rings is 1. The highest BCUT2D eigenvalue weighted by Gasteiger charge is 2.31. The average Bonchev–Trinajstić information content (AvgIpc) is 2.60. The Balaban J connectivity index is 0.000000963. The van der Waals surface area contributed by atoms with Crippen LogP contribution in [0.1, 0.15) is 18.4 Å². The molecule has 0 amide bonds. The molecule has 1 N–H and O–H groups in total. The third-order valence-corrected chi connectivity index (χ3v) is 3.54. The second kappa shape index (κ2) is 5.17. The molecule has 2 heterocycles. The van der Waals surface area contributed by atoms with Crippen LogP contribution in [0.4, 0.5) is 0 Å². The van der Waals surface area contributed by atoms with Crippen LogP contribution in [0.5, 0.6) is 0 Å². The Morgan fingerprint density at radius 1 is 1.06 bits per heavy atom. The van der Waals surface area contributed by atoms with Crippen molar-refractivity contribution in [3.63, 3.8) is 0 Å². The molecular weight excluding hydrogens is 220 g/mol. The van der Waals surface area contributed by atoms with E-state index in [0.717, 1.165) is 18.6 Å². The van der Waals surface area contributed by atoms with E-state index in [0.29, 0.717) is 0 Å². The number of benzene rings is 1. The van der Waals surface area contributed by atoms with Gasteiger partial charge in [-0.15, -0.1) is 12.4 Å². The normalized spacial score (nSPS) is 28.8. The second-order valence-corrected chi connectivity index (χ2v) is 4.82. The SMILES string of the molecule is Cl.c1ccc(CN2C[C@H]3CC[C@@H](C2)N3)cc1. The Kier molecular flexibility index (Phi) is 3.85. The van der Waals surface area contributed by atoms with Gasteiger partial charge in [-0.05, 0) is 18.4 Å². The number of halogens is 1. The van der Waals surface area contributed by atoms with Gasteiger partial charge in [0, 0.05) is 31.7 Å². The predicted octanol–water partition coefficient (Wildman–Crippen LogP) is 2.04. The number of rotatable bonds is 2. The quantitative estimate of drug-likeness (QED) is 0.849. The molecule has 2 aliphatic heterocycles. The van der Waals surface area contributed by atoms with E-state index in [4.69, 9.17) is 0 Å². The molecule has 0 aliphatic carbocycles. The van der Waals surface area contributed by atoms with Gasteiger partial charge in [0.25, 0.3) is 0 Å². The molecule has 88 valence electrons. The number of hydrogen-bond donors (Lipinski definition) is 1. The molecule has 3 rings (SSSR count). The lowest BCUT2D eigenvalue weighted by atomic mass is 10.1. The summed E-state index contributed by atoms with van der Waals surface area (Å²) in [6.07, 6.45) is 2.74. The molecule has 1 aromatic rings. The highest BCUT2D eigenvalue weighted by molar-refractivity contribution is 5.85. The summed E-state index contributed by atoms with van der Waals surface area (Å²) in [5, 5.41) is 3.66. The Bertz CT molecular complexity index is 316. The molecule has 2 fully saturated rings. The van der Waals surface area contributed by atoms with Gasteiger partial charge in [0.2, 0.25) is 0 Å². The Morgan fingerprint density at radius 3 is 2.31 bits per heavy atom. The minimum atomic E-state index is 0. The summed E-state index contributed by atoms with van der Waals surface area (Å²) in [6.45, 7) is 3.58. The fraction of sp³-hybridized carbons (Fsp3) is 0.538. The summed E-state index contributed by atoms with van der Waals surface area (Å²) >= 11 is 0. The molecule has 16 heavy (non-hydrogen) atoms. The summed E-state index contributed by atoms with van der Waals surface area (Å²) in [6, 6.07) is 12.3. The average molecular weight is 239 g/mol. The van der Waals surface area contributed by atoms with Crippen LogP contribution in [-0.4, -0.2) is 30.1 Å². The van der Waals surface area contributed by atoms with Crippen molar-refractivity contribution in [3.8, 4) is 0 Å². The first-order chi connectivity index (χ1) is 7.40. The van der Waals surface area contributed by atoms with Crippen molar-refractivity contribution in [2.75, 3.05) is 13.1 Å². The molecule has 0 unspecified atom stereocenters. The smallest absolute Gasteiger partial charge is 0.0235 e. The third kappa shape index (κ3) is 2.57. The van der Waals surface area contributed by atoms with Crippen molar-refractivity contribution in [3.05, 3.63) is 35.9 Å². The largest absolute Gasteiger partial charge is 0.309 e. The van der Waals surface area contributed by atoms with E-state index in [1.54, 1.807) is 0 Å². The third-order valence-electron chi connectivity index (χ3n) is 3.54. The van der Waals surface area contributed by atoms with Gasteiger partial charge >= 0.3 is 0 Å². The number of likely N-dealkylation sites (tertiary alicyclic amines) is 1. The van der Waals surface area contributed by atoms with Gasteiger partial charge in [0.15, 0.2) is 0 Å². The van der Waals surface area contributed by atoms with Crippen LogP contribution in [0.25, 0.3) is 0 Å². The van der Waals surface area contributed by atoms with Crippen molar-refractivity contribution in [1.29, 1.82) is 0 Å². The maximum atomic E-state index is 3.66. The fourth-order valence-electron chi connectivity index (χ4n) is 2.86. The van der Waals surface area contributed by atoms with Crippen molar-refractivity contribution in [2.45, 2.75) is 31.5 Å². The minimum Gasteiger partial charge on any atom is -0.309 e. The van der Waals surface area contributed by atoms with Gasteiger partial charge in [0.05, 0.1) is 0 Å². The van der Waals surface area contributed by atoms with Gasteiger partial charge in [-0.25, -0.2) is 0 Å². The van der Waals surface area contributed by atoms with E-state index in [-0.39, 0.29) is 12.4 Å². The molecule has 0 radical (unpaired) electrons. The fourth-order valence-corrected chi connectivity index (χ4v) is 2.86. The molecule has 0 saturated carbocycles. The van der Waals surface area contributed by atoms with Crippen molar-refractivity contribution in [2.24, 2.45) is 0 Å². The van der Waals surface area contributed by atoms with Crippen LogP contribution in [-0.2, 0) is 6.54 Å². The molecule has 2 atom stereocenters. The van der Waals surface area contributed by atoms with E-state index < -0.39 is 0 Å². The maximum absolute atomic E-state index is 3.66. The number of nitrogens with zero attached hydrogens (tertiary/aromatic N) is 1. The summed E-state index contributed by atoms with van der Waals surface area (Å²) in [5.41, 5.74) is 1.44. The lowest BCUT2D eigenvalue weighted by Gasteiger charge is -2.32. The molecular formula is C13H19ClN2. The predicted molar refractivity (Wildman–Crippen MR) is 68.9 cm³/mol. The van der Waals surface area contributed by atoms with Gasteiger partial charge in [-0.2, -0.15) is 0 Å². The zero-order valence-electron chi connectivity index (χ0n) is 9.43. The molecule has 2 nitrogen and oxygen atoms in total. The van der Waals surface area contributed by atoms with Gasteiger partial charge in [-0.1, -0.05) is 30.3 Å². The van der Waals surface area contributed by atoms with E-state index in [9.17, 15) is 0 Å². The van der Waals surface area contributed by atoms with Crippen molar-refractivity contribution in [1.82, 2.24) is 10.2 Å². The zero-order chi connectivity index (χ0) is 10.1. The molecule has 2 bridgehead atoms. The van der Waals surface area contributed by atoms with Crippen molar-refractivity contribution >= 4 is 12.4 Å². The first kappa shape index (κ1) is 11.9. The summed E-state index contributed by atoms with van der Waals surface area (Å²) in [4.78, 5) is 2.59. The second-order valence-electron chi connectivity index (χ2n) is 4.82. The summed E-state index contributed by atoms with van der Waals surface area (Å²) in [7, 11) is 0. The number of hydrogen-bond acceptors (Lipinski definition) is 2. The number of fused-ring (bicyclic) bond motifs is 2. The minimum absolute atomic E-state index is 0. The zero-order valence-corrected chi connectivity index (χ0v) is 10.2. The van der Waals surface area contributed by atoms with Gasteiger partial charge in [0.1, 0.15) is 0 Å². The summed E-state index contributed by atoms with van der Waals surface area (Å²) in [5.74, 6) is 0. The lowest BCUT2D eigenvalue weighted by Crippen LogP contribution is -2.50. The first-order valence-corrected chi connectivity index (χ1v) is 5.92. The summed E-state index contributed by atoms with van der Waals surface area (Å²) < 4.78 is 0. The number of nitrogens with one attached hydrogen (secondary N) is 1. The van der Waals surface area contributed by atoms with E-state index in [1.165, 1.54) is 31.5 Å². The Hall–Kier alpha value is -0.570. The first-order valence-electron chi connectivity index (χ1n) is 5.92. The van der Waals surface area contributed by atoms with E-state index in [1.807, 2.05) is 0 Å². The standard InChI is InChI=1S/C13H18N2.ClH/c1-2-4-11(5-3-1)8-15-9-12-6-7-13(10-15)14-12;/h1-5,12-14H,6-10H2;1H/t12-,13+;. The lowest BCUT2D eigenvalue weighted by molar-refractivity contribution is 0.189. The van der Waals surface area contributed by atoms with Crippen LogP contribution in [0.15, 0.2) is 30.3 Å². The molecule has 0 spiro atoms. The van der Waals surface area contributed by atoms with Crippen LogP contribution >= 0.6 is 12.4 Å². The van der Waals surface area contributed by atoms with E-state index >= 15 is 0 Å². The van der Waals surface area contributed by atoms with Gasteiger partial charge < -0.3 is 5.32 Å². The van der Waals surface area contributed by atoms with Crippen LogP contribution in [0.3, 0.4) is 0 Å². The van der Waals surface area contributed by atoms with Crippen LogP contribution < -0.4 is 5.32 Å². The van der Waals surface area contributed by atoms with Crippen molar-refractivity contribution < 1.29 is 0 Å². The van der Waals surface area contributed by atoms with Crippen LogP contribution in [0, 0.1) is 0 Å². The molecule has 0 aromatic heterocycles. The molecule has 3 heteroatoms. The Morgan fingerprint density at radius 2 is 1.69 bits per heavy atom. The van der Waals surface area contributed by atoms with E-state index in [2.05, 4.69) is 40.5 Å². The Labute approximate surface area is 103 Å². The topological polar surface area (TPSA) is 15.3 Å². The highest BCUT2D eigenvalue weighted by atomic mass is 35.5. The monoisotopic (exact) mass is 238 g/mol. The molecule has 2 aliphatic rings. The maximum Gasteiger partial charge on any atom is 0.0235 e. The van der Waals surface area contributed by atoms with Gasteiger partial charge in [-0.3, -0.25) is 4.90 Å². The molecule has 2 saturated heterocycles. The highest BCUT2D eigenvalue weighted by Crippen LogP contribution is 2.21. The molecule has 1 aromatic carbocycles.